The van der Waals surface area contributed by atoms with Gasteiger partial charge in [0.25, 0.3) is 0 Å². The van der Waals surface area contributed by atoms with E-state index in [1.54, 1.807) is 6.92 Å². The van der Waals surface area contributed by atoms with Crippen LogP contribution in [0.3, 0.4) is 0 Å². The molecule has 1 aromatic carbocycles. The Morgan fingerprint density at radius 3 is 2.46 bits per heavy atom. The first-order chi connectivity index (χ1) is 12.4. The maximum Gasteiger partial charge on any atom is 0.319 e. The smallest absolute Gasteiger partial charge is 0.319 e. The van der Waals surface area contributed by atoms with Crippen LogP contribution in [-0.4, -0.2) is 31.1 Å². The lowest BCUT2D eigenvalue weighted by atomic mass is 10.2. The lowest BCUT2D eigenvalue weighted by molar-refractivity contribution is 0.243. The van der Waals surface area contributed by atoms with E-state index in [-0.39, 0.29) is 4.90 Å². The number of aromatic nitrogens is 2. The molecule has 0 aliphatic carbocycles. The second-order valence-electron chi connectivity index (χ2n) is 5.66. The molecule has 1 heterocycles. The number of urea groups is 1. The zero-order valence-electron chi connectivity index (χ0n) is 14.9. The summed E-state index contributed by atoms with van der Waals surface area (Å²) in [5.41, 5.74) is 0.466. The third-order valence-electron chi connectivity index (χ3n) is 3.52. The number of rotatable bonds is 8. The summed E-state index contributed by atoms with van der Waals surface area (Å²) < 4.78 is 31.6. The monoisotopic (exact) mass is 381 g/mol. The van der Waals surface area contributed by atoms with E-state index < -0.39 is 22.1 Å². The van der Waals surface area contributed by atoms with Gasteiger partial charge in [0.1, 0.15) is 6.04 Å². The molecular formula is C16H23N5O4S. The molecule has 0 saturated carbocycles. The molecular weight excluding hydrogens is 358 g/mol. The highest BCUT2D eigenvalue weighted by molar-refractivity contribution is 7.89. The summed E-state index contributed by atoms with van der Waals surface area (Å²) in [6.07, 6.45) is 1.28. The van der Waals surface area contributed by atoms with E-state index in [2.05, 4.69) is 25.5 Å². The Kier molecular flexibility index (Phi) is 6.70. The molecule has 142 valence electrons. The average Bonchev–Trinajstić information content (AvgIpc) is 3.04. The number of amides is 2. The maximum atomic E-state index is 12.1. The number of benzene rings is 1. The molecule has 26 heavy (non-hydrogen) atoms. The maximum absolute atomic E-state index is 12.1. The van der Waals surface area contributed by atoms with Crippen molar-refractivity contribution in [3.05, 3.63) is 36.0 Å². The molecule has 0 aliphatic heterocycles. The van der Waals surface area contributed by atoms with Crippen LogP contribution >= 0.6 is 0 Å². The van der Waals surface area contributed by atoms with E-state index in [0.29, 0.717) is 36.8 Å². The lowest BCUT2D eigenvalue weighted by Gasteiger charge is -2.14. The summed E-state index contributed by atoms with van der Waals surface area (Å²) in [6.45, 7) is 5.84. The van der Waals surface area contributed by atoms with Crippen LogP contribution in [0, 0.1) is 6.92 Å². The fraction of sp³-hybridized carbons (Fsp3) is 0.438. The minimum absolute atomic E-state index is 0.143. The molecule has 0 fully saturated rings. The van der Waals surface area contributed by atoms with E-state index in [0.717, 1.165) is 0 Å². The van der Waals surface area contributed by atoms with Crippen LogP contribution in [-0.2, 0) is 10.0 Å². The summed E-state index contributed by atoms with van der Waals surface area (Å²) in [5.74, 6) is 0.831. The number of carbonyl (C=O) groups excluding carboxylic acids is 1. The highest BCUT2D eigenvalue weighted by atomic mass is 32.2. The first kappa shape index (κ1) is 19.9. The standard InChI is InChI=1S/C16H23N5O4S/c1-4-10-17-26(23,24)13-8-6-12(7-9-13)19-16(22)20-14(5-2)15-18-11(3)21-25-15/h6-9,14,17H,4-5,10H2,1-3H3,(H2,19,20,22)/t14-/m1/s1. The Labute approximate surface area is 152 Å². The van der Waals surface area contributed by atoms with Crippen LogP contribution in [0.25, 0.3) is 0 Å². The highest BCUT2D eigenvalue weighted by Crippen LogP contribution is 2.16. The van der Waals surface area contributed by atoms with Crippen LogP contribution in [0.5, 0.6) is 0 Å². The number of hydrogen-bond donors (Lipinski definition) is 3. The third kappa shape index (κ3) is 5.27. The second-order valence-corrected chi connectivity index (χ2v) is 7.43. The molecule has 0 aliphatic rings. The van der Waals surface area contributed by atoms with Crippen molar-refractivity contribution in [1.29, 1.82) is 0 Å². The van der Waals surface area contributed by atoms with Crippen molar-refractivity contribution in [3.8, 4) is 0 Å². The van der Waals surface area contributed by atoms with Crippen LogP contribution in [0.1, 0.15) is 44.4 Å². The normalized spacial score (nSPS) is 12.6. The molecule has 0 spiro atoms. The Hall–Kier alpha value is -2.46. The molecule has 0 bridgehead atoms. The van der Waals surface area contributed by atoms with Crippen molar-refractivity contribution in [1.82, 2.24) is 20.2 Å². The third-order valence-corrected chi connectivity index (χ3v) is 5.00. The van der Waals surface area contributed by atoms with Gasteiger partial charge < -0.3 is 15.2 Å². The average molecular weight is 381 g/mol. The van der Waals surface area contributed by atoms with Gasteiger partial charge in [-0.1, -0.05) is 19.0 Å². The molecule has 10 heteroatoms. The lowest BCUT2D eigenvalue weighted by Crippen LogP contribution is -2.32. The number of sulfonamides is 1. The Balaban J connectivity index is 1.98. The first-order valence-corrected chi connectivity index (χ1v) is 9.81. The Morgan fingerprint density at radius 2 is 1.92 bits per heavy atom. The quantitative estimate of drug-likeness (QED) is 0.644. The van der Waals surface area contributed by atoms with Gasteiger partial charge in [0.15, 0.2) is 5.82 Å². The van der Waals surface area contributed by atoms with Crippen LogP contribution in [0.15, 0.2) is 33.7 Å². The van der Waals surface area contributed by atoms with Crippen LogP contribution in [0.4, 0.5) is 10.5 Å². The minimum Gasteiger partial charge on any atom is -0.337 e. The van der Waals surface area contributed by atoms with Gasteiger partial charge in [-0.25, -0.2) is 17.9 Å². The number of nitrogens with one attached hydrogen (secondary N) is 3. The topological polar surface area (TPSA) is 126 Å². The summed E-state index contributed by atoms with van der Waals surface area (Å²) in [4.78, 5) is 16.4. The first-order valence-electron chi connectivity index (χ1n) is 8.33. The summed E-state index contributed by atoms with van der Waals surface area (Å²) >= 11 is 0. The van der Waals surface area contributed by atoms with Gasteiger partial charge in [0, 0.05) is 12.2 Å². The van der Waals surface area contributed by atoms with E-state index in [4.69, 9.17) is 4.52 Å². The number of anilines is 1. The van der Waals surface area contributed by atoms with Crippen molar-refractivity contribution in [2.45, 2.75) is 44.6 Å². The van der Waals surface area contributed by atoms with Crippen molar-refractivity contribution in [3.63, 3.8) is 0 Å². The van der Waals surface area contributed by atoms with Gasteiger partial charge in [0.05, 0.1) is 4.90 Å². The van der Waals surface area contributed by atoms with Crippen molar-refractivity contribution >= 4 is 21.7 Å². The molecule has 0 radical (unpaired) electrons. The summed E-state index contributed by atoms with van der Waals surface area (Å²) in [7, 11) is -3.53. The van der Waals surface area contributed by atoms with E-state index in [1.807, 2.05) is 13.8 Å². The van der Waals surface area contributed by atoms with Crippen molar-refractivity contribution in [2.24, 2.45) is 0 Å². The number of hydrogen-bond acceptors (Lipinski definition) is 6. The van der Waals surface area contributed by atoms with E-state index in [9.17, 15) is 13.2 Å². The molecule has 2 rings (SSSR count). The van der Waals surface area contributed by atoms with Gasteiger partial charge in [-0.05, 0) is 44.0 Å². The predicted octanol–water partition coefficient (Wildman–Crippen LogP) is 2.34. The van der Waals surface area contributed by atoms with Gasteiger partial charge in [-0.15, -0.1) is 0 Å². The van der Waals surface area contributed by atoms with E-state index >= 15 is 0 Å². The molecule has 0 unspecified atom stereocenters. The largest absolute Gasteiger partial charge is 0.337 e. The second kappa shape index (κ2) is 8.77. The molecule has 1 aromatic heterocycles. The van der Waals surface area contributed by atoms with Gasteiger partial charge in [0.2, 0.25) is 15.9 Å². The Morgan fingerprint density at radius 1 is 1.23 bits per heavy atom. The molecule has 2 aromatic rings. The predicted molar refractivity (Wildman–Crippen MR) is 96.1 cm³/mol. The molecule has 3 N–H and O–H groups in total. The van der Waals surface area contributed by atoms with Crippen LogP contribution < -0.4 is 15.4 Å². The van der Waals surface area contributed by atoms with Gasteiger partial charge in [-0.3, -0.25) is 0 Å². The highest BCUT2D eigenvalue weighted by Gasteiger charge is 2.19. The van der Waals surface area contributed by atoms with Gasteiger partial charge >= 0.3 is 6.03 Å². The number of carbonyl (C=O) groups is 1. The van der Waals surface area contributed by atoms with Crippen LogP contribution in [0.2, 0.25) is 0 Å². The molecule has 0 saturated heterocycles. The summed E-state index contributed by atoms with van der Waals surface area (Å²) in [6, 6.07) is 5.07. The van der Waals surface area contributed by atoms with Crippen molar-refractivity contribution < 1.29 is 17.7 Å². The zero-order chi connectivity index (χ0) is 19.2. The SMILES string of the molecule is CCCNS(=O)(=O)c1ccc(NC(=O)N[C@H](CC)c2nc(C)no2)cc1. The molecule has 2 amide bonds. The molecule has 9 nitrogen and oxygen atoms in total. The zero-order valence-corrected chi connectivity index (χ0v) is 15.8. The van der Waals surface area contributed by atoms with E-state index in [1.165, 1.54) is 24.3 Å². The fourth-order valence-corrected chi connectivity index (χ4v) is 3.29. The minimum atomic E-state index is -3.53. The fourth-order valence-electron chi connectivity index (χ4n) is 2.16. The number of nitrogens with zero attached hydrogens (tertiary/aromatic N) is 2. The number of aryl methyl sites for hydroxylation is 1. The molecule has 1 atom stereocenters. The van der Waals surface area contributed by atoms with Gasteiger partial charge in [-0.2, -0.15) is 4.98 Å². The van der Waals surface area contributed by atoms with Crippen molar-refractivity contribution in [2.75, 3.05) is 11.9 Å². The Bertz CT molecular complexity index is 833. The summed E-state index contributed by atoms with van der Waals surface area (Å²) in [5, 5.41) is 9.10.